The molecule has 1 fully saturated rings. The molecule has 0 unspecified atom stereocenters. The van der Waals surface area contributed by atoms with Gasteiger partial charge >= 0.3 is 0 Å². The molecule has 0 saturated heterocycles. The van der Waals surface area contributed by atoms with Crippen LogP contribution in [0, 0.1) is 0 Å². The van der Waals surface area contributed by atoms with Crippen LogP contribution in [-0.4, -0.2) is 36.5 Å². The summed E-state index contributed by atoms with van der Waals surface area (Å²) < 4.78 is 0. The second-order valence-electron chi connectivity index (χ2n) is 5.02. The summed E-state index contributed by atoms with van der Waals surface area (Å²) in [6, 6.07) is 0.588. The first-order valence-electron chi connectivity index (χ1n) is 6.42. The third-order valence-corrected chi connectivity index (χ3v) is 3.58. The lowest BCUT2D eigenvalue weighted by atomic mass is 10.1. The van der Waals surface area contributed by atoms with E-state index in [4.69, 9.17) is 0 Å². The van der Waals surface area contributed by atoms with Gasteiger partial charge in [-0.15, -0.1) is 0 Å². The molecule has 1 aliphatic heterocycles. The van der Waals surface area contributed by atoms with E-state index in [1.807, 2.05) is 4.90 Å². The van der Waals surface area contributed by atoms with Gasteiger partial charge in [-0.2, -0.15) is 0 Å². The normalized spacial score (nSPS) is 22.3. The molecular formula is C13H22N2O. The van der Waals surface area contributed by atoms with E-state index < -0.39 is 0 Å². The van der Waals surface area contributed by atoms with Crippen molar-refractivity contribution in [1.82, 2.24) is 10.2 Å². The van der Waals surface area contributed by atoms with Gasteiger partial charge in [0.1, 0.15) is 0 Å². The fraction of sp³-hybridized carbons (Fsp3) is 0.769. The minimum Gasteiger partial charge on any atom is -0.337 e. The van der Waals surface area contributed by atoms with Crippen LogP contribution in [0.25, 0.3) is 0 Å². The maximum Gasteiger partial charge on any atom is 0.236 e. The molecule has 0 spiro atoms. The number of hydrogen-bond acceptors (Lipinski definition) is 2. The van der Waals surface area contributed by atoms with Gasteiger partial charge in [0.2, 0.25) is 5.91 Å². The van der Waals surface area contributed by atoms with E-state index in [-0.39, 0.29) is 5.91 Å². The van der Waals surface area contributed by atoms with Crippen molar-refractivity contribution in [2.45, 2.75) is 45.1 Å². The Bertz CT molecular complexity index is 280. The highest BCUT2D eigenvalue weighted by molar-refractivity contribution is 5.78. The lowest BCUT2D eigenvalue weighted by Gasteiger charge is -2.27. The second-order valence-corrected chi connectivity index (χ2v) is 5.02. The number of nitrogens with zero attached hydrogens (tertiary/aromatic N) is 1. The van der Waals surface area contributed by atoms with Crippen molar-refractivity contribution < 1.29 is 4.79 Å². The van der Waals surface area contributed by atoms with Crippen LogP contribution in [0.5, 0.6) is 0 Å². The maximum atomic E-state index is 11.9. The molecule has 2 rings (SSSR count). The highest BCUT2D eigenvalue weighted by Crippen LogP contribution is 2.17. The molecule has 0 aromatic heterocycles. The lowest BCUT2D eigenvalue weighted by molar-refractivity contribution is -0.130. The zero-order chi connectivity index (χ0) is 11.4. The molecule has 3 nitrogen and oxygen atoms in total. The minimum absolute atomic E-state index is 0.263. The number of carbonyl (C=O) groups excluding carboxylic acids is 1. The Morgan fingerprint density at radius 1 is 1.50 bits per heavy atom. The molecule has 90 valence electrons. The molecule has 0 atom stereocenters. The van der Waals surface area contributed by atoms with E-state index in [2.05, 4.69) is 18.3 Å². The first kappa shape index (κ1) is 11.6. The topological polar surface area (TPSA) is 32.3 Å². The summed E-state index contributed by atoms with van der Waals surface area (Å²) in [4.78, 5) is 13.9. The molecule has 1 aliphatic carbocycles. The van der Waals surface area contributed by atoms with Gasteiger partial charge in [0.25, 0.3) is 0 Å². The Labute approximate surface area is 97.9 Å². The second kappa shape index (κ2) is 5.48. The molecule has 0 aromatic carbocycles. The van der Waals surface area contributed by atoms with Crippen molar-refractivity contribution in [2.24, 2.45) is 0 Å². The van der Waals surface area contributed by atoms with Gasteiger partial charge in [0.15, 0.2) is 0 Å². The predicted octanol–water partition coefficient (Wildman–Crippen LogP) is 1.70. The Morgan fingerprint density at radius 2 is 2.25 bits per heavy atom. The number of nitrogens with one attached hydrogen (secondary N) is 1. The largest absolute Gasteiger partial charge is 0.337 e. The van der Waals surface area contributed by atoms with Crippen LogP contribution < -0.4 is 5.32 Å². The van der Waals surface area contributed by atoms with Crippen molar-refractivity contribution in [3.63, 3.8) is 0 Å². The third-order valence-electron chi connectivity index (χ3n) is 3.58. The highest BCUT2D eigenvalue weighted by atomic mass is 16.2. The standard InChI is InChI=1S/C13H22N2O/c1-11-5-4-8-15(10-11)13(16)9-14-12-6-2-3-7-12/h5,12,14H,2-4,6-10H2,1H3. The Balaban J connectivity index is 1.72. The van der Waals surface area contributed by atoms with Crippen molar-refractivity contribution in [3.8, 4) is 0 Å². The maximum absolute atomic E-state index is 11.9. The zero-order valence-electron chi connectivity index (χ0n) is 10.2. The van der Waals surface area contributed by atoms with E-state index in [1.54, 1.807) is 0 Å². The first-order valence-corrected chi connectivity index (χ1v) is 6.42. The van der Waals surface area contributed by atoms with Crippen LogP contribution in [0.15, 0.2) is 11.6 Å². The van der Waals surface area contributed by atoms with Gasteiger partial charge in [-0.25, -0.2) is 0 Å². The Hall–Kier alpha value is -0.830. The van der Waals surface area contributed by atoms with Crippen LogP contribution in [0.1, 0.15) is 39.0 Å². The van der Waals surface area contributed by atoms with Crippen LogP contribution in [0.2, 0.25) is 0 Å². The molecule has 0 aromatic rings. The van der Waals surface area contributed by atoms with Crippen LogP contribution in [0.4, 0.5) is 0 Å². The Kier molecular flexibility index (Phi) is 3.99. The van der Waals surface area contributed by atoms with Crippen molar-refractivity contribution in [1.29, 1.82) is 0 Å². The number of rotatable bonds is 3. The SMILES string of the molecule is CC1=CCCN(C(=O)CNC2CCCC2)C1. The van der Waals surface area contributed by atoms with Crippen LogP contribution >= 0.6 is 0 Å². The van der Waals surface area contributed by atoms with Gasteiger partial charge in [-0.1, -0.05) is 24.5 Å². The molecule has 0 radical (unpaired) electrons. The van der Waals surface area contributed by atoms with Gasteiger partial charge in [-0.05, 0) is 26.2 Å². The third kappa shape index (κ3) is 3.08. The molecule has 1 N–H and O–H groups in total. The summed E-state index contributed by atoms with van der Waals surface area (Å²) in [5.41, 5.74) is 1.32. The van der Waals surface area contributed by atoms with Crippen molar-refractivity contribution >= 4 is 5.91 Å². The summed E-state index contributed by atoms with van der Waals surface area (Å²) in [6.45, 7) is 4.34. The van der Waals surface area contributed by atoms with E-state index in [0.29, 0.717) is 12.6 Å². The molecule has 3 heteroatoms. The minimum atomic E-state index is 0.263. The molecule has 0 bridgehead atoms. The number of carbonyl (C=O) groups is 1. The molecule has 1 saturated carbocycles. The van der Waals surface area contributed by atoms with E-state index in [0.717, 1.165) is 19.5 Å². The molecule has 16 heavy (non-hydrogen) atoms. The summed E-state index contributed by atoms with van der Waals surface area (Å²) in [6.07, 6.45) is 8.36. The number of hydrogen-bond donors (Lipinski definition) is 1. The van der Waals surface area contributed by atoms with Crippen molar-refractivity contribution in [3.05, 3.63) is 11.6 Å². The number of amides is 1. The fourth-order valence-corrected chi connectivity index (χ4v) is 2.60. The average Bonchev–Trinajstić information content (AvgIpc) is 2.78. The monoisotopic (exact) mass is 222 g/mol. The van der Waals surface area contributed by atoms with Gasteiger partial charge < -0.3 is 10.2 Å². The predicted molar refractivity (Wildman–Crippen MR) is 65.2 cm³/mol. The van der Waals surface area contributed by atoms with Crippen LogP contribution in [-0.2, 0) is 4.79 Å². The quantitative estimate of drug-likeness (QED) is 0.737. The van der Waals surface area contributed by atoms with E-state index in [9.17, 15) is 4.79 Å². The summed E-state index contributed by atoms with van der Waals surface area (Å²) in [7, 11) is 0. The van der Waals surface area contributed by atoms with Gasteiger partial charge in [0.05, 0.1) is 6.54 Å². The average molecular weight is 222 g/mol. The van der Waals surface area contributed by atoms with E-state index >= 15 is 0 Å². The van der Waals surface area contributed by atoms with E-state index in [1.165, 1.54) is 31.3 Å². The van der Waals surface area contributed by atoms with Crippen LogP contribution in [0.3, 0.4) is 0 Å². The smallest absolute Gasteiger partial charge is 0.236 e. The highest BCUT2D eigenvalue weighted by Gasteiger charge is 2.19. The molecule has 2 aliphatic rings. The summed E-state index contributed by atoms with van der Waals surface area (Å²) in [5, 5.41) is 3.38. The van der Waals surface area contributed by atoms with Gasteiger partial charge in [0, 0.05) is 19.1 Å². The fourth-order valence-electron chi connectivity index (χ4n) is 2.60. The summed E-state index contributed by atoms with van der Waals surface area (Å²) >= 11 is 0. The molecule has 1 amide bonds. The van der Waals surface area contributed by atoms with Crippen molar-refractivity contribution in [2.75, 3.05) is 19.6 Å². The molecular weight excluding hydrogens is 200 g/mol. The lowest BCUT2D eigenvalue weighted by Crippen LogP contribution is -2.43. The van der Waals surface area contributed by atoms with Gasteiger partial charge in [-0.3, -0.25) is 4.79 Å². The molecule has 1 heterocycles. The Morgan fingerprint density at radius 3 is 2.94 bits per heavy atom. The zero-order valence-corrected chi connectivity index (χ0v) is 10.2. The summed E-state index contributed by atoms with van der Waals surface area (Å²) in [5.74, 6) is 0.263. The first-order chi connectivity index (χ1) is 7.75.